The quantitative estimate of drug-likeness (QED) is 0.735. The number of rotatable bonds is 2. The molecule has 0 heterocycles. The van der Waals surface area contributed by atoms with Crippen molar-refractivity contribution in [3.63, 3.8) is 0 Å². The zero-order valence-electron chi connectivity index (χ0n) is 7.42. The van der Waals surface area contributed by atoms with Crippen molar-refractivity contribution < 1.29 is 13.5 Å². The second-order valence-corrected chi connectivity index (χ2v) is 5.09. The fourth-order valence-corrected chi connectivity index (χ4v) is 1.96. The minimum Gasteiger partial charge on any atom is -0.392 e. The summed E-state index contributed by atoms with van der Waals surface area (Å²) in [4.78, 5) is 0.108. The van der Waals surface area contributed by atoms with Crippen LogP contribution in [0.2, 0.25) is 0 Å². The van der Waals surface area contributed by atoms with E-state index in [1.807, 2.05) is 0 Å². The number of aliphatic hydroxyl groups excluding tert-OH is 1. The molecule has 76 valence electrons. The molecule has 1 aromatic carbocycles. The molecule has 3 N–H and O–H groups in total. The maximum Gasteiger partial charge on any atom is 0.238 e. The number of hydrogen-bond acceptors (Lipinski definition) is 3. The molecule has 0 spiro atoms. The van der Waals surface area contributed by atoms with Crippen LogP contribution in [0.25, 0.3) is 0 Å². The molecule has 1 aromatic rings. The summed E-state index contributed by atoms with van der Waals surface area (Å²) in [6.45, 7) is 0. The number of nitrogens with two attached hydrogens (primary N) is 1. The van der Waals surface area contributed by atoms with Crippen LogP contribution in [0.15, 0.2) is 29.2 Å². The van der Waals surface area contributed by atoms with E-state index >= 15 is 0 Å². The highest BCUT2D eigenvalue weighted by atomic mass is 32.2. The van der Waals surface area contributed by atoms with Crippen molar-refractivity contribution in [1.29, 1.82) is 0 Å². The average Bonchev–Trinajstić information content (AvgIpc) is 2.81. The van der Waals surface area contributed by atoms with Gasteiger partial charge in [0.25, 0.3) is 0 Å². The van der Waals surface area contributed by atoms with E-state index in [2.05, 4.69) is 0 Å². The van der Waals surface area contributed by atoms with Gasteiger partial charge in [0.2, 0.25) is 10.0 Å². The van der Waals surface area contributed by atoms with Crippen LogP contribution in [-0.2, 0) is 10.0 Å². The van der Waals surface area contributed by atoms with Crippen LogP contribution in [0.1, 0.15) is 17.9 Å². The molecule has 0 aromatic heterocycles. The Morgan fingerprint density at radius 1 is 1.29 bits per heavy atom. The van der Waals surface area contributed by atoms with Gasteiger partial charge in [-0.1, -0.05) is 12.1 Å². The topological polar surface area (TPSA) is 80.4 Å². The molecule has 1 saturated carbocycles. The Labute approximate surface area is 82.4 Å². The van der Waals surface area contributed by atoms with Gasteiger partial charge in [0.05, 0.1) is 11.0 Å². The van der Waals surface area contributed by atoms with E-state index in [1.54, 1.807) is 12.1 Å². The van der Waals surface area contributed by atoms with Gasteiger partial charge in [0.15, 0.2) is 0 Å². The zero-order chi connectivity index (χ0) is 10.3. The highest BCUT2D eigenvalue weighted by Crippen LogP contribution is 2.40. The number of hydrogen-bond donors (Lipinski definition) is 2. The van der Waals surface area contributed by atoms with Gasteiger partial charge in [-0.15, -0.1) is 0 Å². The van der Waals surface area contributed by atoms with E-state index in [4.69, 9.17) is 10.2 Å². The summed E-state index contributed by atoms with van der Waals surface area (Å²) in [6, 6.07) is 6.33. The van der Waals surface area contributed by atoms with Gasteiger partial charge in [-0.3, -0.25) is 0 Å². The first-order chi connectivity index (χ1) is 6.48. The Kier molecular flexibility index (Phi) is 2.10. The number of aliphatic hydroxyl groups is 1. The zero-order valence-corrected chi connectivity index (χ0v) is 8.24. The molecule has 0 aliphatic heterocycles. The van der Waals surface area contributed by atoms with Crippen LogP contribution >= 0.6 is 0 Å². The SMILES string of the molecule is NS(=O)(=O)c1ccc(C2CC2O)cc1. The Morgan fingerprint density at radius 2 is 1.79 bits per heavy atom. The molecular formula is C9H11NO3S. The minimum absolute atomic E-state index is 0.108. The molecule has 1 aliphatic carbocycles. The molecule has 0 saturated heterocycles. The highest BCUT2D eigenvalue weighted by Gasteiger charge is 2.36. The van der Waals surface area contributed by atoms with E-state index in [0.29, 0.717) is 0 Å². The number of sulfonamides is 1. The van der Waals surface area contributed by atoms with Crippen LogP contribution in [-0.4, -0.2) is 19.6 Å². The number of primary sulfonamides is 1. The van der Waals surface area contributed by atoms with Crippen LogP contribution in [0, 0.1) is 0 Å². The van der Waals surface area contributed by atoms with Gasteiger partial charge in [-0.25, -0.2) is 13.6 Å². The Bertz CT molecular complexity index is 438. The second-order valence-electron chi connectivity index (χ2n) is 3.52. The van der Waals surface area contributed by atoms with Gasteiger partial charge in [-0.2, -0.15) is 0 Å². The van der Waals surface area contributed by atoms with Crippen molar-refractivity contribution >= 4 is 10.0 Å². The summed E-state index contributed by atoms with van der Waals surface area (Å²) in [7, 11) is -3.60. The third kappa shape index (κ3) is 1.79. The first kappa shape index (κ1) is 9.64. The van der Waals surface area contributed by atoms with E-state index < -0.39 is 10.0 Å². The molecule has 0 bridgehead atoms. The van der Waals surface area contributed by atoms with Crippen molar-refractivity contribution in [2.24, 2.45) is 5.14 Å². The van der Waals surface area contributed by atoms with E-state index in [9.17, 15) is 8.42 Å². The normalized spacial score (nSPS) is 26.1. The second kappa shape index (κ2) is 3.05. The summed E-state index contributed by atoms with van der Waals surface area (Å²) in [5.74, 6) is 0.171. The van der Waals surface area contributed by atoms with Crippen LogP contribution < -0.4 is 5.14 Å². The number of benzene rings is 1. The summed E-state index contributed by atoms with van der Waals surface area (Å²) in [6.07, 6.45) is 0.490. The lowest BCUT2D eigenvalue weighted by atomic mass is 10.1. The molecule has 0 radical (unpaired) electrons. The van der Waals surface area contributed by atoms with Crippen molar-refractivity contribution in [2.75, 3.05) is 0 Å². The maximum absolute atomic E-state index is 10.9. The predicted molar refractivity (Wildman–Crippen MR) is 51.2 cm³/mol. The summed E-state index contributed by atoms with van der Waals surface area (Å²) in [5, 5.41) is 14.1. The fraction of sp³-hybridized carbons (Fsp3) is 0.333. The van der Waals surface area contributed by atoms with E-state index in [-0.39, 0.29) is 16.9 Å². The van der Waals surface area contributed by atoms with Crippen molar-refractivity contribution in [3.8, 4) is 0 Å². The lowest BCUT2D eigenvalue weighted by Crippen LogP contribution is -2.11. The van der Waals surface area contributed by atoms with Gasteiger partial charge < -0.3 is 5.11 Å². The van der Waals surface area contributed by atoms with Crippen molar-refractivity contribution in [3.05, 3.63) is 29.8 Å². The van der Waals surface area contributed by atoms with E-state index in [0.717, 1.165) is 12.0 Å². The standard InChI is InChI=1S/C9H11NO3S/c10-14(12,13)7-3-1-6(2-4-7)8-5-9(8)11/h1-4,8-9,11H,5H2,(H2,10,12,13). The van der Waals surface area contributed by atoms with Gasteiger partial charge >= 0.3 is 0 Å². The first-order valence-electron chi connectivity index (χ1n) is 4.29. The van der Waals surface area contributed by atoms with Gasteiger partial charge in [0.1, 0.15) is 0 Å². The molecule has 2 unspecified atom stereocenters. The Morgan fingerprint density at radius 3 is 2.14 bits per heavy atom. The molecular weight excluding hydrogens is 202 g/mol. The van der Waals surface area contributed by atoms with Crippen LogP contribution in [0.5, 0.6) is 0 Å². The third-order valence-corrected chi connectivity index (χ3v) is 3.32. The monoisotopic (exact) mass is 213 g/mol. The summed E-state index contributed by atoms with van der Waals surface area (Å²) in [5.41, 5.74) is 0.963. The molecule has 1 aliphatic rings. The molecule has 5 heteroatoms. The van der Waals surface area contributed by atoms with Gasteiger partial charge in [-0.05, 0) is 24.1 Å². The molecule has 2 atom stereocenters. The van der Waals surface area contributed by atoms with Crippen LogP contribution in [0.4, 0.5) is 0 Å². The van der Waals surface area contributed by atoms with Crippen molar-refractivity contribution in [1.82, 2.24) is 0 Å². The smallest absolute Gasteiger partial charge is 0.238 e. The minimum atomic E-state index is -3.60. The van der Waals surface area contributed by atoms with Crippen LogP contribution in [0.3, 0.4) is 0 Å². The third-order valence-electron chi connectivity index (χ3n) is 2.39. The molecule has 1 fully saturated rings. The molecule has 4 nitrogen and oxygen atoms in total. The lowest BCUT2D eigenvalue weighted by Gasteiger charge is -2.00. The van der Waals surface area contributed by atoms with Crippen molar-refractivity contribution in [2.45, 2.75) is 23.3 Å². The lowest BCUT2D eigenvalue weighted by molar-refractivity contribution is 0.272. The summed E-state index contributed by atoms with van der Waals surface area (Å²) >= 11 is 0. The maximum atomic E-state index is 10.9. The average molecular weight is 213 g/mol. The highest BCUT2D eigenvalue weighted by molar-refractivity contribution is 7.89. The molecule has 14 heavy (non-hydrogen) atoms. The predicted octanol–water partition coefficient (Wildman–Crippen LogP) is 0.182. The van der Waals surface area contributed by atoms with Gasteiger partial charge in [0, 0.05) is 5.92 Å². The first-order valence-corrected chi connectivity index (χ1v) is 5.84. The molecule has 0 amide bonds. The van der Waals surface area contributed by atoms with E-state index in [1.165, 1.54) is 12.1 Å². The largest absolute Gasteiger partial charge is 0.392 e. The Balaban J connectivity index is 2.27. The summed E-state index contributed by atoms with van der Waals surface area (Å²) < 4.78 is 21.8. The molecule has 2 rings (SSSR count). The Hall–Kier alpha value is -0.910. The fourth-order valence-electron chi connectivity index (χ4n) is 1.44.